The van der Waals surface area contributed by atoms with Crippen LogP contribution in [0.5, 0.6) is 0 Å². The van der Waals surface area contributed by atoms with Crippen LogP contribution in [0, 0.1) is 0 Å². The molecule has 246 valence electrons. The molecule has 0 saturated heterocycles. The van der Waals surface area contributed by atoms with Gasteiger partial charge in [-0.25, -0.2) is 0 Å². The monoisotopic (exact) mass is 647 g/mol. The van der Waals surface area contributed by atoms with Gasteiger partial charge in [0, 0.05) is 29.2 Å². The van der Waals surface area contributed by atoms with E-state index in [1.807, 2.05) is 0 Å². The third kappa shape index (κ3) is 4.68. The van der Waals surface area contributed by atoms with Gasteiger partial charge in [0.1, 0.15) is 0 Å². The first-order valence-corrected chi connectivity index (χ1v) is 17.4. The fourth-order valence-electron chi connectivity index (χ4n) is 8.56. The Morgan fingerprint density at radius 2 is 0.840 bits per heavy atom. The normalized spacial score (nSPS) is 14.2. The van der Waals surface area contributed by atoms with Crippen molar-refractivity contribution in [3.8, 4) is 44.5 Å². The van der Waals surface area contributed by atoms with Crippen molar-refractivity contribution >= 4 is 17.1 Å². The van der Waals surface area contributed by atoms with Gasteiger partial charge in [0.2, 0.25) is 0 Å². The van der Waals surface area contributed by atoms with E-state index in [0.717, 1.165) is 5.69 Å². The number of anilines is 3. The molecule has 0 atom stereocenters. The Bertz CT molecular complexity index is 2390. The summed E-state index contributed by atoms with van der Waals surface area (Å²) >= 11 is 0. The molecule has 7 aromatic carbocycles. The van der Waals surface area contributed by atoms with Gasteiger partial charge < -0.3 is 4.90 Å². The predicted molar refractivity (Wildman–Crippen MR) is 216 cm³/mol. The third-order valence-corrected chi connectivity index (χ3v) is 11.1. The van der Waals surface area contributed by atoms with Crippen molar-refractivity contribution in [3.05, 3.63) is 186 Å². The van der Waals surface area contributed by atoms with Gasteiger partial charge in [-0.15, -0.1) is 0 Å². The second-order valence-corrected chi connectivity index (χ2v) is 14.6. The Kier molecular flexibility index (Phi) is 7.42. The van der Waals surface area contributed by atoms with E-state index >= 15 is 0 Å². The number of nitrogens with zero attached hydrogens (tertiary/aromatic N) is 1. The molecule has 0 bridgehead atoms. The fourth-order valence-corrected chi connectivity index (χ4v) is 8.56. The smallest absolute Gasteiger partial charge is 0.0540 e. The molecule has 0 saturated carbocycles. The van der Waals surface area contributed by atoms with Crippen LogP contribution in [0.1, 0.15) is 58.8 Å². The van der Waals surface area contributed by atoms with Crippen LogP contribution in [0.4, 0.5) is 17.1 Å². The highest BCUT2D eigenvalue weighted by molar-refractivity contribution is 5.95. The first-order chi connectivity index (χ1) is 23.8. The molecule has 0 N–H and O–H groups in total. The van der Waals surface area contributed by atoms with Gasteiger partial charge in [0.05, 0.1) is 5.69 Å². The molecule has 0 aromatic heterocycles. The lowest BCUT2D eigenvalue weighted by molar-refractivity contribution is 0.660. The average molecular weight is 648 g/mol. The maximum atomic E-state index is 2.49. The minimum atomic E-state index is -0.155. The van der Waals surface area contributed by atoms with E-state index in [9.17, 15) is 0 Å². The molecule has 0 radical (unpaired) electrons. The second kappa shape index (κ2) is 11.7. The van der Waals surface area contributed by atoms with Crippen LogP contribution in [-0.2, 0) is 10.8 Å². The molecule has 0 spiro atoms. The molecule has 9 rings (SSSR count). The fraction of sp³-hybridized carbons (Fsp3) is 0.143. The van der Waals surface area contributed by atoms with Crippen molar-refractivity contribution in [2.24, 2.45) is 0 Å². The number of benzene rings is 7. The first kappa shape index (κ1) is 31.6. The molecule has 1 nitrogen and oxygen atoms in total. The SMILES string of the molecule is C.CC1(C)c2ccccc2-c2ccc(N(c3ccc4c(c3)C(C)(C)c3cccc(-c5ccccc5)c3-4)c3ccccc3-c3ccccc3)cc21.[HH]. The van der Waals surface area contributed by atoms with Gasteiger partial charge in [0.25, 0.3) is 0 Å². The van der Waals surface area contributed by atoms with Crippen molar-refractivity contribution in [2.45, 2.75) is 46.0 Å². The third-order valence-electron chi connectivity index (χ3n) is 11.1. The van der Waals surface area contributed by atoms with Crippen LogP contribution in [0.25, 0.3) is 44.5 Å². The lowest BCUT2D eigenvalue weighted by Gasteiger charge is -2.31. The zero-order valence-electron chi connectivity index (χ0n) is 28.5. The van der Waals surface area contributed by atoms with Gasteiger partial charge in [-0.1, -0.05) is 169 Å². The van der Waals surface area contributed by atoms with E-state index in [1.54, 1.807) is 0 Å². The van der Waals surface area contributed by atoms with E-state index in [0.29, 0.717) is 0 Å². The van der Waals surface area contributed by atoms with E-state index in [4.69, 9.17) is 0 Å². The van der Waals surface area contributed by atoms with Crippen molar-refractivity contribution < 1.29 is 1.43 Å². The predicted octanol–water partition coefficient (Wildman–Crippen LogP) is 14.0. The van der Waals surface area contributed by atoms with Gasteiger partial charge in [-0.2, -0.15) is 0 Å². The number of rotatable bonds is 5. The second-order valence-electron chi connectivity index (χ2n) is 14.6. The standard InChI is InChI=1S/C48H39N.CH4.H2/c1-47(2)41-23-13-11-21-38(41)39-28-26-34(30-43(39)47)49(45-25-14-12-20-36(45)32-16-7-5-8-17-32)35-27-29-40-44(31-35)48(3,4)42-24-15-22-37(46(40)42)33-18-9-6-10-19-33;;/h5-31H,1-4H3;1H4;1H. The van der Waals surface area contributed by atoms with Crippen LogP contribution >= 0.6 is 0 Å². The Morgan fingerprint density at radius 3 is 1.52 bits per heavy atom. The molecule has 0 heterocycles. The molecule has 50 heavy (non-hydrogen) atoms. The van der Waals surface area contributed by atoms with Crippen molar-refractivity contribution in [1.29, 1.82) is 0 Å². The number of para-hydroxylation sites is 1. The summed E-state index contributed by atoms with van der Waals surface area (Å²) in [6.45, 7) is 9.49. The molecule has 0 amide bonds. The maximum absolute atomic E-state index is 2.49. The van der Waals surface area contributed by atoms with Crippen LogP contribution in [0.15, 0.2) is 164 Å². The summed E-state index contributed by atoms with van der Waals surface area (Å²) in [7, 11) is 0. The Balaban J connectivity index is 0.00000203. The minimum absolute atomic E-state index is 0. The highest BCUT2D eigenvalue weighted by Gasteiger charge is 2.39. The van der Waals surface area contributed by atoms with E-state index < -0.39 is 0 Å². The number of hydrogen-bond acceptors (Lipinski definition) is 1. The number of hydrogen-bond donors (Lipinski definition) is 0. The molecule has 2 aliphatic carbocycles. The summed E-state index contributed by atoms with van der Waals surface area (Å²) in [6.07, 6.45) is 0. The molecule has 0 fully saturated rings. The molecule has 0 unspecified atom stereocenters. The van der Waals surface area contributed by atoms with Crippen LogP contribution < -0.4 is 4.90 Å². The summed E-state index contributed by atoms with van der Waals surface area (Å²) in [5, 5.41) is 0. The average Bonchev–Trinajstić information content (AvgIpc) is 3.52. The minimum Gasteiger partial charge on any atom is -0.310 e. The highest BCUT2D eigenvalue weighted by atomic mass is 15.1. The summed E-state index contributed by atoms with van der Waals surface area (Å²) < 4.78 is 0. The van der Waals surface area contributed by atoms with Gasteiger partial charge in [-0.3, -0.25) is 0 Å². The van der Waals surface area contributed by atoms with Gasteiger partial charge >= 0.3 is 0 Å². The zero-order valence-corrected chi connectivity index (χ0v) is 28.5. The maximum Gasteiger partial charge on any atom is 0.0540 e. The van der Waals surface area contributed by atoms with Crippen LogP contribution in [0.3, 0.4) is 0 Å². The first-order valence-electron chi connectivity index (χ1n) is 17.4. The van der Waals surface area contributed by atoms with Crippen LogP contribution in [-0.4, -0.2) is 0 Å². The molecular formula is C49H45N. The van der Waals surface area contributed by atoms with Crippen molar-refractivity contribution in [2.75, 3.05) is 4.90 Å². The summed E-state index contributed by atoms with van der Waals surface area (Å²) in [5.41, 5.74) is 19.1. The van der Waals surface area contributed by atoms with Gasteiger partial charge in [-0.05, 0) is 91.5 Å². The quantitative estimate of drug-likeness (QED) is 0.180. The number of fused-ring (bicyclic) bond motifs is 6. The van der Waals surface area contributed by atoms with E-state index in [1.165, 1.54) is 78.1 Å². The van der Waals surface area contributed by atoms with Crippen molar-refractivity contribution in [3.63, 3.8) is 0 Å². The molecule has 7 aromatic rings. The van der Waals surface area contributed by atoms with Gasteiger partial charge in [0.15, 0.2) is 0 Å². The molecular weight excluding hydrogens is 603 g/mol. The molecule has 2 aliphatic rings. The lowest BCUT2D eigenvalue weighted by Crippen LogP contribution is -2.18. The highest BCUT2D eigenvalue weighted by Crippen LogP contribution is 2.55. The molecule has 1 heteroatoms. The summed E-state index contributed by atoms with van der Waals surface area (Å²) in [5.74, 6) is 0. The Morgan fingerprint density at radius 1 is 0.380 bits per heavy atom. The largest absolute Gasteiger partial charge is 0.310 e. The molecule has 0 aliphatic heterocycles. The van der Waals surface area contributed by atoms with Crippen molar-refractivity contribution in [1.82, 2.24) is 0 Å². The Hall–Kier alpha value is -5.66. The van der Waals surface area contributed by atoms with E-state index in [-0.39, 0.29) is 19.7 Å². The summed E-state index contributed by atoms with van der Waals surface area (Å²) in [4.78, 5) is 2.49. The van der Waals surface area contributed by atoms with E-state index in [2.05, 4.69) is 196 Å². The van der Waals surface area contributed by atoms with Crippen LogP contribution in [0.2, 0.25) is 0 Å². The summed E-state index contributed by atoms with van der Waals surface area (Å²) in [6, 6.07) is 60.4. The topological polar surface area (TPSA) is 3.24 Å². The zero-order chi connectivity index (χ0) is 33.3. The lowest BCUT2D eigenvalue weighted by atomic mass is 9.81. The Labute approximate surface area is 299 Å².